The molecule has 2 atom stereocenters. The van der Waals surface area contributed by atoms with E-state index in [2.05, 4.69) is 15.2 Å². The third kappa shape index (κ3) is 4.00. The highest BCUT2D eigenvalue weighted by Gasteiger charge is 2.31. The number of aliphatic hydroxyl groups excluding tert-OH is 1. The first-order valence-electron chi connectivity index (χ1n) is 8.56. The minimum atomic E-state index is -0.265. The minimum absolute atomic E-state index is 0.128. The predicted octanol–water partition coefficient (Wildman–Crippen LogP) is 0.873. The molecule has 0 radical (unpaired) electrons. The quantitative estimate of drug-likeness (QED) is 0.772. The zero-order valence-electron chi connectivity index (χ0n) is 13.3. The average molecular weight is 319 g/mol. The fourth-order valence-corrected chi connectivity index (χ4v) is 3.74. The van der Waals surface area contributed by atoms with Crippen molar-refractivity contribution in [2.24, 2.45) is 0 Å². The first kappa shape index (κ1) is 16.2. The number of pyridine rings is 1. The number of carbonyl (C=O) groups is 1. The van der Waals surface area contributed by atoms with Crippen molar-refractivity contribution in [1.29, 1.82) is 0 Å². The van der Waals surface area contributed by atoms with Crippen LogP contribution in [0.5, 0.6) is 0 Å². The van der Waals surface area contributed by atoms with Gasteiger partial charge in [0.2, 0.25) is 5.56 Å². The largest absolute Gasteiger partial charge is 0.391 e. The van der Waals surface area contributed by atoms with Gasteiger partial charge in [-0.2, -0.15) is 0 Å². The molecule has 1 aliphatic carbocycles. The van der Waals surface area contributed by atoms with Crippen LogP contribution in [0.4, 0.5) is 0 Å². The van der Waals surface area contributed by atoms with Gasteiger partial charge in [-0.05, 0) is 31.7 Å². The summed E-state index contributed by atoms with van der Waals surface area (Å²) < 4.78 is 0. The van der Waals surface area contributed by atoms with E-state index >= 15 is 0 Å². The highest BCUT2D eigenvalue weighted by Crippen LogP contribution is 2.25. The second-order valence-corrected chi connectivity index (χ2v) is 6.63. The van der Waals surface area contributed by atoms with Gasteiger partial charge in [0.25, 0.3) is 5.91 Å². The van der Waals surface area contributed by atoms with Gasteiger partial charge in [-0.1, -0.05) is 18.9 Å². The molecular weight excluding hydrogens is 294 g/mol. The Labute approximate surface area is 135 Å². The smallest absolute Gasteiger partial charge is 0.268 e. The van der Waals surface area contributed by atoms with Crippen LogP contribution in [0.3, 0.4) is 0 Å². The summed E-state index contributed by atoms with van der Waals surface area (Å²) in [5, 5.41) is 13.2. The van der Waals surface area contributed by atoms with E-state index in [-0.39, 0.29) is 29.7 Å². The van der Waals surface area contributed by atoms with E-state index in [1.807, 2.05) is 0 Å². The fourth-order valence-electron chi connectivity index (χ4n) is 3.74. The molecule has 23 heavy (non-hydrogen) atoms. The molecule has 6 heteroatoms. The third-order valence-corrected chi connectivity index (χ3v) is 5.04. The van der Waals surface area contributed by atoms with Gasteiger partial charge in [0.1, 0.15) is 5.69 Å². The zero-order valence-corrected chi connectivity index (χ0v) is 13.3. The molecule has 1 aromatic rings. The van der Waals surface area contributed by atoms with Crippen LogP contribution in [0.15, 0.2) is 23.0 Å². The van der Waals surface area contributed by atoms with Crippen molar-refractivity contribution in [2.45, 2.75) is 56.7 Å². The molecule has 0 bridgehead atoms. The van der Waals surface area contributed by atoms with E-state index in [0.29, 0.717) is 5.69 Å². The molecule has 1 saturated carbocycles. The molecule has 1 saturated heterocycles. The van der Waals surface area contributed by atoms with E-state index < -0.39 is 0 Å². The number of aromatic nitrogens is 1. The minimum Gasteiger partial charge on any atom is -0.391 e. The lowest BCUT2D eigenvalue weighted by Crippen LogP contribution is -2.52. The third-order valence-electron chi connectivity index (χ3n) is 5.04. The summed E-state index contributed by atoms with van der Waals surface area (Å²) in [7, 11) is 0. The fraction of sp³-hybridized carbons (Fsp3) is 0.647. The van der Waals surface area contributed by atoms with E-state index in [4.69, 9.17) is 0 Å². The average Bonchev–Trinajstić information content (AvgIpc) is 2.56. The molecule has 2 aliphatic rings. The molecule has 3 rings (SSSR count). The van der Waals surface area contributed by atoms with Gasteiger partial charge < -0.3 is 15.4 Å². The van der Waals surface area contributed by atoms with Crippen molar-refractivity contribution >= 4 is 5.91 Å². The molecule has 1 aromatic heterocycles. The molecule has 0 unspecified atom stereocenters. The van der Waals surface area contributed by atoms with Crippen molar-refractivity contribution in [1.82, 2.24) is 15.2 Å². The Morgan fingerprint density at radius 3 is 2.61 bits per heavy atom. The number of nitrogens with zero attached hydrogens (tertiary/aromatic N) is 1. The molecule has 6 nitrogen and oxygen atoms in total. The number of amides is 1. The second kappa shape index (κ2) is 7.27. The van der Waals surface area contributed by atoms with E-state index in [0.717, 1.165) is 45.2 Å². The molecule has 1 aliphatic heterocycles. The molecule has 2 heterocycles. The maximum absolute atomic E-state index is 12.2. The number of aromatic amines is 1. The summed E-state index contributed by atoms with van der Waals surface area (Å²) in [5.41, 5.74) is 0.0430. The summed E-state index contributed by atoms with van der Waals surface area (Å²) >= 11 is 0. The van der Waals surface area contributed by atoms with Crippen molar-refractivity contribution < 1.29 is 9.90 Å². The number of carbonyl (C=O) groups excluding carboxylic acids is 1. The Bertz CT molecular complexity index is 593. The van der Waals surface area contributed by atoms with Crippen LogP contribution < -0.4 is 10.9 Å². The number of aliphatic hydroxyl groups is 1. The molecule has 0 spiro atoms. The lowest BCUT2D eigenvalue weighted by molar-refractivity contribution is 0.00726. The maximum atomic E-state index is 12.2. The number of piperidine rings is 1. The van der Waals surface area contributed by atoms with Crippen LogP contribution in [-0.2, 0) is 0 Å². The number of H-pyrrole nitrogens is 1. The van der Waals surface area contributed by atoms with E-state index in [1.165, 1.54) is 12.5 Å². The van der Waals surface area contributed by atoms with Gasteiger partial charge >= 0.3 is 0 Å². The number of nitrogens with one attached hydrogen (secondary N) is 2. The van der Waals surface area contributed by atoms with E-state index in [1.54, 1.807) is 12.1 Å². The van der Waals surface area contributed by atoms with Crippen LogP contribution in [0, 0.1) is 0 Å². The Morgan fingerprint density at radius 2 is 1.91 bits per heavy atom. The molecule has 1 amide bonds. The van der Waals surface area contributed by atoms with Gasteiger partial charge in [0.05, 0.1) is 6.10 Å². The lowest BCUT2D eigenvalue weighted by Gasteiger charge is -2.41. The highest BCUT2D eigenvalue weighted by atomic mass is 16.3. The molecule has 3 N–H and O–H groups in total. The zero-order chi connectivity index (χ0) is 16.2. The monoisotopic (exact) mass is 319 g/mol. The topological polar surface area (TPSA) is 85.4 Å². The van der Waals surface area contributed by atoms with Crippen molar-refractivity contribution in [2.75, 3.05) is 13.1 Å². The van der Waals surface area contributed by atoms with Gasteiger partial charge in [0, 0.05) is 31.2 Å². The Balaban J connectivity index is 1.51. The Morgan fingerprint density at radius 1 is 1.17 bits per heavy atom. The predicted molar refractivity (Wildman–Crippen MR) is 87.4 cm³/mol. The number of likely N-dealkylation sites (tertiary alicyclic amines) is 1. The summed E-state index contributed by atoms with van der Waals surface area (Å²) in [6.45, 7) is 1.80. The van der Waals surface area contributed by atoms with Crippen molar-refractivity contribution in [3.63, 3.8) is 0 Å². The summed E-state index contributed by atoms with van der Waals surface area (Å²) in [5.74, 6) is -0.223. The van der Waals surface area contributed by atoms with Crippen LogP contribution in [0.25, 0.3) is 0 Å². The van der Waals surface area contributed by atoms with Crippen molar-refractivity contribution in [3.05, 3.63) is 34.2 Å². The number of hydrogen-bond acceptors (Lipinski definition) is 4. The Hall–Kier alpha value is -1.66. The molecule has 2 fully saturated rings. The summed E-state index contributed by atoms with van der Waals surface area (Å²) in [6.07, 6.45) is 5.85. The molecule has 126 valence electrons. The SMILES string of the molecule is O=C(NC1CCN([C@H]2CCCC[C@H]2O)CC1)c1cccc(=O)[nH]1. The van der Waals surface area contributed by atoms with Crippen LogP contribution in [-0.4, -0.2) is 52.2 Å². The van der Waals surface area contributed by atoms with Crippen LogP contribution in [0.2, 0.25) is 0 Å². The van der Waals surface area contributed by atoms with Crippen molar-refractivity contribution in [3.8, 4) is 0 Å². The van der Waals surface area contributed by atoms with Gasteiger partial charge in [-0.25, -0.2) is 0 Å². The normalized spacial score (nSPS) is 26.8. The van der Waals surface area contributed by atoms with Gasteiger partial charge in [-0.3, -0.25) is 14.5 Å². The lowest BCUT2D eigenvalue weighted by atomic mass is 9.89. The van der Waals surface area contributed by atoms with E-state index in [9.17, 15) is 14.7 Å². The summed E-state index contributed by atoms with van der Waals surface area (Å²) in [4.78, 5) is 28.4. The number of hydrogen-bond donors (Lipinski definition) is 3. The first-order valence-corrected chi connectivity index (χ1v) is 8.56. The summed E-state index contributed by atoms with van der Waals surface area (Å²) in [6, 6.07) is 5.00. The number of rotatable bonds is 3. The first-order chi connectivity index (χ1) is 11.1. The van der Waals surface area contributed by atoms with Gasteiger partial charge in [-0.15, -0.1) is 0 Å². The van der Waals surface area contributed by atoms with Crippen LogP contribution in [0.1, 0.15) is 49.0 Å². The maximum Gasteiger partial charge on any atom is 0.268 e. The Kier molecular flexibility index (Phi) is 5.13. The highest BCUT2D eigenvalue weighted by molar-refractivity contribution is 5.92. The standard InChI is InChI=1S/C17H25N3O3/c21-15-6-2-1-5-14(15)20-10-8-12(9-11-20)18-17(23)13-4-3-7-16(22)19-13/h3-4,7,12,14-15,21H,1-2,5-6,8-11H2,(H,18,23)(H,19,22)/t14-,15+/m0/s1. The molecular formula is C17H25N3O3. The van der Waals surface area contributed by atoms with Crippen LogP contribution >= 0.6 is 0 Å². The second-order valence-electron chi connectivity index (χ2n) is 6.63. The van der Waals surface area contributed by atoms with Gasteiger partial charge in [0.15, 0.2) is 0 Å². The molecule has 0 aromatic carbocycles.